The minimum absolute atomic E-state index is 0. The molecular formula is C10H16ClNO. The summed E-state index contributed by atoms with van der Waals surface area (Å²) in [6.07, 6.45) is 0. The number of phenols is 1. The molecular weight excluding hydrogens is 186 g/mol. The van der Waals surface area contributed by atoms with Crippen molar-refractivity contribution in [2.45, 2.75) is 26.3 Å². The van der Waals surface area contributed by atoms with Crippen LogP contribution in [0.4, 0.5) is 5.69 Å². The summed E-state index contributed by atoms with van der Waals surface area (Å²) >= 11 is 0. The van der Waals surface area contributed by atoms with Crippen molar-refractivity contribution in [3.05, 3.63) is 24.3 Å². The quantitative estimate of drug-likeness (QED) is 0.685. The standard InChI is InChI=1S/C10H15NO.ClH/c1-10(2,3)11-8-4-6-9(12)7-5-8;/h4-7,11-12H,1-3H3;1H. The molecule has 2 nitrogen and oxygen atoms in total. The van der Waals surface area contributed by atoms with Gasteiger partial charge in [0.05, 0.1) is 0 Å². The molecule has 0 aliphatic heterocycles. The maximum Gasteiger partial charge on any atom is 0.115 e. The van der Waals surface area contributed by atoms with Gasteiger partial charge in [0.25, 0.3) is 0 Å². The molecule has 0 fully saturated rings. The SMILES string of the molecule is CC(C)(C)Nc1ccc(O)cc1.Cl. The van der Waals surface area contributed by atoms with Gasteiger partial charge in [0.1, 0.15) is 5.75 Å². The summed E-state index contributed by atoms with van der Waals surface area (Å²) in [6.45, 7) is 6.29. The topological polar surface area (TPSA) is 32.3 Å². The highest BCUT2D eigenvalue weighted by Crippen LogP contribution is 2.17. The first-order valence-electron chi connectivity index (χ1n) is 4.04. The van der Waals surface area contributed by atoms with Crippen LogP contribution >= 0.6 is 12.4 Å². The number of halogens is 1. The van der Waals surface area contributed by atoms with E-state index in [-0.39, 0.29) is 17.9 Å². The summed E-state index contributed by atoms with van der Waals surface area (Å²) in [5, 5.41) is 12.3. The van der Waals surface area contributed by atoms with E-state index in [1.807, 2.05) is 12.1 Å². The maximum atomic E-state index is 9.03. The van der Waals surface area contributed by atoms with Crippen molar-refractivity contribution < 1.29 is 5.11 Å². The second kappa shape index (κ2) is 4.38. The van der Waals surface area contributed by atoms with Gasteiger partial charge in [-0.05, 0) is 45.0 Å². The summed E-state index contributed by atoms with van der Waals surface area (Å²) in [4.78, 5) is 0. The van der Waals surface area contributed by atoms with Crippen LogP contribution in [0, 0.1) is 0 Å². The van der Waals surface area contributed by atoms with Gasteiger partial charge >= 0.3 is 0 Å². The summed E-state index contributed by atoms with van der Waals surface area (Å²) in [6, 6.07) is 7.07. The molecule has 0 spiro atoms. The molecule has 2 N–H and O–H groups in total. The van der Waals surface area contributed by atoms with Gasteiger partial charge in [-0.25, -0.2) is 0 Å². The van der Waals surface area contributed by atoms with E-state index in [1.165, 1.54) is 0 Å². The normalized spacial score (nSPS) is 10.4. The van der Waals surface area contributed by atoms with Crippen LogP contribution in [0.15, 0.2) is 24.3 Å². The Kier molecular flexibility index (Phi) is 4.08. The fourth-order valence-corrected chi connectivity index (χ4v) is 0.978. The highest BCUT2D eigenvalue weighted by Gasteiger charge is 2.08. The van der Waals surface area contributed by atoms with Crippen LogP contribution < -0.4 is 5.32 Å². The number of anilines is 1. The average Bonchev–Trinajstić information content (AvgIpc) is 1.91. The maximum absolute atomic E-state index is 9.03. The molecule has 1 rings (SSSR count). The van der Waals surface area contributed by atoms with E-state index >= 15 is 0 Å². The Morgan fingerprint density at radius 2 is 1.54 bits per heavy atom. The molecule has 1 aromatic carbocycles. The Morgan fingerprint density at radius 1 is 1.08 bits per heavy atom. The monoisotopic (exact) mass is 201 g/mol. The summed E-state index contributed by atoms with van der Waals surface area (Å²) in [7, 11) is 0. The van der Waals surface area contributed by atoms with Crippen LogP contribution in [0.5, 0.6) is 5.75 Å². The number of hydrogen-bond acceptors (Lipinski definition) is 2. The third-order valence-corrected chi connectivity index (χ3v) is 1.39. The zero-order chi connectivity index (χ0) is 9.19. The number of rotatable bonds is 1. The van der Waals surface area contributed by atoms with Gasteiger partial charge in [-0.15, -0.1) is 12.4 Å². The van der Waals surface area contributed by atoms with Gasteiger partial charge in [0.15, 0.2) is 0 Å². The molecule has 1 aromatic rings. The van der Waals surface area contributed by atoms with Crippen molar-refractivity contribution in [2.24, 2.45) is 0 Å². The first-order valence-corrected chi connectivity index (χ1v) is 4.04. The molecule has 0 aliphatic carbocycles. The first-order chi connectivity index (χ1) is 5.47. The lowest BCUT2D eigenvalue weighted by molar-refractivity contribution is 0.475. The van der Waals surface area contributed by atoms with Crippen LogP contribution in [0.25, 0.3) is 0 Å². The largest absolute Gasteiger partial charge is 0.508 e. The van der Waals surface area contributed by atoms with Crippen LogP contribution in [-0.4, -0.2) is 10.6 Å². The number of hydrogen-bond donors (Lipinski definition) is 2. The van der Waals surface area contributed by atoms with Crippen molar-refractivity contribution in [1.29, 1.82) is 0 Å². The molecule has 0 heterocycles. The van der Waals surface area contributed by atoms with E-state index in [0.29, 0.717) is 5.75 Å². The Morgan fingerprint density at radius 3 is 1.92 bits per heavy atom. The van der Waals surface area contributed by atoms with Crippen molar-refractivity contribution in [3.63, 3.8) is 0 Å². The highest BCUT2D eigenvalue weighted by molar-refractivity contribution is 5.85. The number of benzene rings is 1. The summed E-state index contributed by atoms with van der Waals surface area (Å²) in [5.41, 5.74) is 1.09. The van der Waals surface area contributed by atoms with Gasteiger partial charge in [0.2, 0.25) is 0 Å². The molecule has 0 bridgehead atoms. The van der Waals surface area contributed by atoms with Gasteiger partial charge in [-0.2, -0.15) is 0 Å². The lowest BCUT2D eigenvalue weighted by Crippen LogP contribution is -2.25. The van der Waals surface area contributed by atoms with E-state index in [9.17, 15) is 0 Å². The summed E-state index contributed by atoms with van der Waals surface area (Å²) < 4.78 is 0. The number of phenolic OH excluding ortho intramolecular Hbond substituents is 1. The molecule has 13 heavy (non-hydrogen) atoms. The highest BCUT2D eigenvalue weighted by atomic mass is 35.5. The molecule has 3 heteroatoms. The second-order valence-corrected chi connectivity index (χ2v) is 3.92. The summed E-state index contributed by atoms with van der Waals surface area (Å²) in [5.74, 6) is 0.300. The molecule has 0 saturated carbocycles. The van der Waals surface area contributed by atoms with Gasteiger partial charge in [0, 0.05) is 11.2 Å². The third-order valence-electron chi connectivity index (χ3n) is 1.39. The van der Waals surface area contributed by atoms with Crippen LogP contribution in [0.2, 0.25) is 0 Å². The minimum atomic E-state index is 0. The molecule has 74 valence electrons. The van der Waals surface area contributed by atoms with Gasteiger partial charge in [-0.3, -0.25) is 0 Å². The van der Waals surface area contributed by atoms with Crippen molar-refractivity contribution in [2.75, 3.05) is 5.32 Å². The second-order valence-electron chi connectivity index (χ2n) is 3.92. The lowest BCUT2D eigenvalue weighted by atomic mass is 10.1. The molecule has 0 saturated heterocycles. The Hall–Kier alpha value is -0.890. The molecule has 0 radical (unpaired) electrons. The Bertz CT molecular complexity index is 251. The fraction of sp³-hybridized carbons (Fsp3) is 0.400. The smallest absolute Gasteiger partial charge is 0.115 e. The molecule has 0 aromatic heterocycles. The first kappa shape index (κ1) is 12.1. The van der Waals surface area contributed by atoms with Gasteiger partial charge < -0.3 is 10.4 Å². The predicted octanol–water partition coefficient (Wildman–Crippen LogP) is 3.02. The zero-order valence-electron chi connectivity index (χ0n) is 8.16. The van der Waals surface area contributed by atoms with Crippen LogP contribution in [0.3, 0.4) is 0 Å². The van der Waals surface area contributed by atoms with Gasteiger partial charge in [-0.1, -0.05) is 0 Å². The van der Waals surface area contributed by atoms with E-state index < -0.39 is 0 Å². The zero-order valence-corrected chi connectivity index (χ0v) is 8.98. The molecule has 0 aliphatic rings. The molecule has 0 unspecified atom stereocenters. The molecule has 0 amide bonds. The van der Waals surface area contributed by atoms with E-state index in [1.54, 1.807) is 12.1 Å². The molecule has 0 atom stereocenters. The minimum Gasteiger partial charge on any atom is -0.508 e. The van der Waals surface area contributed by atoms with E-state index in [2.05, 4.69) is 26.1 Å². The van der Waals surface area contributed by atoms with E-state index in [0.717, 1.165) is 5.69 Å². The lowest BCUT2D eigenvalue weighted by Gasteiger charge is -2.21. The van der Waals surface area contributed by atoms with E-state index in [4.69, 9.17) is 5.11 Å². The van der Waals surface area contributed by atoms with Crippen molar-refractivity contribution in [1.82, 2.24) is 0 Å². The Balaban J connectivity index is 0.00000144. The van der Waals surface area contributed by atoms with Crippen LogP contribution in [-0.2, 0) is 0 Å². The van der Waals surface area contributed by atoms with Crippen molar-refractivity contribution >= 4 is 18.1 Å². The fourth-order valence-electron chi connectivity index (χ4n) is 0.978. The average molecular weight is 202 g/mol. The predicted molar refractivity (Wildman–Crippen MR) is 58.7 cm³/mol. The third kappa shape index (κ3) is 4.63. The van der Waals surface area contributed by atoms with Crippen LogP contribution in [0.1, 0.15) is 20.8 Å². The Labute approximate surface area is 85.4 Å². The number of nitrogens with one attached hydrogen (secondary N) is 1. The van der Waals surface area contributed by atoms with Crippen molar-refractivity contribution in [3.8, 4) is 5.75 Å². The number of aromatic hydroxyl groups is 1.